The summed E-state index contributed by atoms with van der Waals surface area (Å²) in [5, 5.41) is 0. The van der Waals surface area contributed by atoms with Crippen LogP contribution in [-0.4, -0.2) is 52.7 Å². The Balaban J connectivity index is 1.49. The highest BCUT2D eigenvalue weighted by Crippen LogP contribution is 2.32. The zero-order chi connectivity index (χ0) is 17.6. The second-order valence-electron chi connectivity index (χ2n) is 6.19. The molecule has 1 aromatic rings. The van der Waals surface area contributed by atoms with Gasteiger partial charge in [-0.3, -0.25) is 19.4 Å². The molecular formula is C18H15FN2O4. The number of amides is 3. The maximum absolute atomic E-state index is 14.9. The first-order valence-electron chi connectivity index (χ1n) is 7.96. The van der Waals surface area contributed by atoms with Crippen LogP contribution in [0.1, 0.15) is 27.1 Å². The molecule has 0 spiro atoms. The van der Waals surface area contributed by atoms with Crippen LogP contribution in [-0.2, 0) is 4.74 Å². The van der Waals surface area contributed by atoms with Crippen molar-refractivity contribution in [2.24, 2.45) is 0 Å². The van der Waals surface area contributed by atoms with Gasteiger partial charge in [0, 0.05) is 6.42 Å². The van der Waals surface area contributed by atoms with Gasteiger partial charge in [0.05, 0.1) is 24.2 Å². The maximum atomic E-state index is 14.9. The van der Waals surface area contributed by atoms with Gasteiger partial charge in [0.25, 0.3) is 11.8 Å². The number of allylic oxidation sites excluding steroid dienone is 2. The van der Waals surface area contributed by atoms with Crippen molar-refractivity contribution >= 4 is 17.9 Å². The SMILES string of the molecule is O=C1c2ccccc2C(=O)N1C[C@@H]1CN(C2(F)C=CC=CC2)C(=O)O1. The van der Waals surface area contributed by atoms with E-state index >= 15 is 0 Å². The van der Waals surface area contributed by atoms with Gasteiger partial charge in [-0.2, -0.15) is 0 Å². The number of rotatable bonds is 3. The number of ether oxygens (including phenoxy) is 1. The zero-order valence-corrected chi connectivity index (χ0v) is 13.2. The number of imide groups is 1. The Morgan fingerprint density at radius 2 is 1.80 bits per heavy atom. The van der Waals surface area contributed by atoms with Gasteiger partial charge in [0.2, 0.25) is 5.79 Å². The standard InChI is InChI=1S/C18H15FN2O4/c19-18(8-4-1-5-9-18)21-11-12(25-17(21)24)10-20-15(22)13-6-2-3-7-14(13)16(20)23/h1-8,12H,9-11H2/t12-,18?/m1/s1. The minimum absolute atomic E-state index is 0.0269. The van der Waals surface area contributed by atoms with E-state index in [-0.39, 0.29) is 19.5 Å². The molecule has 1 fully saturated rings. The van der Waals surface area contributed by atoms with Crippen molar-refractivity contribution in [2.75, 3.05) is 13.1 Å². The lowest BCUT2D eigenvalue weighted by Gasteiger charge is -2.30. The van der Waals surface area contributed by atoms with Gasteiger partial charge in [-0.15, -0.1) is 0 Å². The number of fused-ring (bicyclic) bond motifs is 1. The Kier molecular flexibility index (Phi) is 3.45. The summed E-state index contributed by atoms with van der Waals surface area (Å²) in [7, 11) is 0. The number of benzene rings is 1. The van der Waals surface area contributed by atoms with Crippen molar-refractivity contribution in [1.82, 2.24) is 9.80 Å². The number of carbonyl (C=O) groups is 3. The number of hydrogen-bond donors (Lipinski definition) is 0. The van der Waals surface area contributed by atoms with Crippen LogP contribution in [0.15, 0.2) is 48.6 Å². The molecule has 0 bridgehead atoms. The smallest absolute Gasteiger partial charge is 0.413 e. The first kappa shape index (κ1) is 15.6. The highest BCUT2D eigenvalue weighted by Gasteiger charge is 2.47. The summed E-state index contributed by atoms with van der Waals surface area (Å²) < 4.78 is 20.1. The summed E-state index contributed by atoms with van der Waals surface area (Å²) in [4.78, 5) is 38.9. The summed E-state index contributed by atoms with van der Waals surface area (Å²) in [6.45, 7) is -0.120. The third-order valence-electron chi connectivity index (χ3n) is 4.59. The van der Waals surface area contributed by atoms with E-state index in [1.165, 1.54) is 12.2 Å². The van der Waals surface area contributed by atoms with Crippen molar-refractivity contribution in [3.05, 3.63) is 59.7 Å². The minimum Gasteiger partial charge on any atom is -0.442 e. The summed E-state index contributed by atoms with van der Waals surface area (Å²) in [6, 6.07) is 6.53. The third-order valence-corrected chi connectivity index (χ3v) is 4.59. The molecule has 128 valence electrons. The summed E-state index contributed by atoms with van der Waals surface area (Å²) in [5.74, 6) is -2.79. The lowest BCUT2D eigenvalue weighted by molar-refractivity contribution is 0.0479. The van der Waals surface area contributed by atoms with Crippen molar-refractivity contribution in [2.45, 2.75) is 18.3 Å². The Labute approximate surface area is 143 Å². The number of hydrogen-bond acceptors (Lipinski definition) is 4. The molecule has 2 aliphatic heterocycles. The average molecular weight is 342 g/mol. The van der Waals surface area contributed by atoms with Crippen LogP contribution in [0.5, 0.6) is 0 Å². The van der Waals surface area contributed by atoms with E-state index in [4.69, 9.17) is 4.74 Å². The van der Waals surface area contributed by atoms with E-state index in [9.17, 15) is 18.8 Å². The zero-order valence-electron chi connectivity index (χ0n) is 13.2. The molecular weight excluding hydrogens is 327 g/mol. The fourth-order valence-corrected chi connectivity index (χ4v) is 3.31. The van der Waals surface area contributed by atoms with Crippen LogP contribution < -0.4 is 0 Å². The molecule has 3 amide bonds. The molecule has 1 saturated heterocycles. The number of nitrogens with zero attached hydrogens (tertiary/aromatic N) is 2. The molecule has 25 heavy (non-hydrogen) atoms. The molecule has 2 atom stereocenters. The fourth-order valence-electron chi connectivity index (χ4n) is 3.31. The van der Waals surface area contributed by atoms with Crippen LogP contribution in [0.3, 0.4) is 0 Å². The molecule has 6 nitrogen and oxygen atoms in total. The van der Waals surface area contributed by atoms with Crippen molar-refractivity contribution in [3.63, 3.8) is 0 Å². The Morgan fingerprint density at radius 1 is 1.12 bits per heavy atom. The molecule has 0 N–H and O–H groups in total. The molecule has 1 aliphatic carbocycles. The Hall–Kier alpha value is -2.96. The molecule has 0 saturated carbocycles. The van der Waals surface area contributed by atoms with Crippen LogP contribution in [0, 0.1) is 0 Å². The lowest BCUT2D eigenvalue weighted by atomic mass is 10.0. The Morgan fingerprint density at radius 3 is 2.40 bits per heavy atom. The van der Waals surface area contributed by atoms with Crippen LogP contribution in [0.25, 0.3) is 0 Å². The van der Waals surface area contributed by atoms with Crippen molar-refractivity contribution in [1.29, 1.82) is 0 Å². The van der Waals surface area contributed by atoms with Crippen LogP contribution in [0.4, 0.5) is 9.18 Å². The predicted octanol–water partition coefficient (Wildman–Crippen LogP) is 2.29. The van der Waals surface area contributed by atoms with Gasteiger partial charge >= 0.3 is 6.09 Å². The molecule has 3 aliphatic rings. The lowest BCUT2D eigenvalue weighted by Crippen LogP contribution is -2.45. The fraction of sp³-hybridized carbons (Fsp3) is 0.278. The largest absolute Gasteiger partial charge is 0.442 e. The number of carbonyl (C=O) groups excluding carboxylic acids is 3. The second-order valence-corrected chi connectivity index (χ2v) is 6.19. The van der Waals surface area contributed by atoms with Gasteiger partial charge in [-0.1, -0.05) is 30.4 Å². The topological polar surface area (TPSA) is 66.9 Å². The molecule has 2 heterocycles. The van der Waals surface area contributed by atoms with Crippen molar-refractivity contribution in [3.8, 4) is 0 Å². The Bertz CT molecular complexity index is 799. The molecule has 1 aromatic carbocycles. The third kappa shape index (κ3) is 2.43. The van der Waals surface area contributed by atoms with Crippen LogP contribution >= 0.6 is 0 Å². The van der Waals surface area contributed by atoms with E-state index in [0.717, 1.165) is 9.80 Å². The van der Waals surface area contributed by atoms with E-state index in [1.807, 2.05) is 0 Å². The minimum atomic E-state index is -1.94. The van der Waals surface area contributed by atoms with Crippen LogP contribution in [0.2, 0.25) is 0 Å². The van der Waals surface area contributed by atoms with Gasteiger partial charge in [-0.05, 0) is 18.2 Å². The maximum Gasteiger partial charge on any atom is 0.413 e. The summed E-state index contributed by atoms with van der Waals surface area (Å²) >= 11 is 0. The molecule has 0 aromatic heterocycles. The van der Waals surface area contributed by atoms with Gasteiger partial charge in [0.1, 0.15) is 6.10 Å². The van der Waals surface area contributed by atoms with E-state index in [2.05, 4.69) is 0 Å². The van der Waals surface area contributed by atoms with E-state index in [0.29, 0.717) is 11.1 Å². The molecule has 0 radical (unpaired) electrons. The highest BCUT2D eigenvalue weighted by molar-refractivity contribution is 6.21. The second kappa shape index (κ2) is 5.54. The molecule has 7 heteroatoms. The first-order valence-corrected chi connectivity index (χ1v) is 7.96. The number of halogens is 1. The molecule has 1 unspecified atom stereocenters. The number of alkyl halides is 1. The van der Waals surface area contributed by atoms with Gasteiger partial charge in [0.15, 0.2) is 0 Å². The highest BCUT2D eigenvalue weighted by atomic mass is 19.1. The molecule has 4 rings (SSSR count). The van der Waals surface area contributed by atoms with Gasteiger partial charge in [-0.25, -0.2) is 9.18 Å². The summed E-state index contributed by atoms with van der Waals surface area (Å²) in [5.41, 5.74) is 0.659. The number of cyclic esters (lactones) is 1. The van der Waals surface area contributed by atoms with Crippen molar-refractivity contribution < 1.29 is 23.5 Å². The normalized spacial score (nSPS) is 27.9. The van der Waals surface area contributed by atoms with Gasteiger partial charge < -0.3 is 4.74 Å². The predicted molar refractivity (Wildman–Crippen MR) is 85.5 cm³/mol. The first-order chi connectivity index (χ1) is 12.0. The van der Waals surface area contributed by atoms with E-state index < -0.39 is 29.8 Å². The summed E-state index contributed by atoms with van der Waals surface area (Å²) in [6.07, 6.45) is 4.66. The van der Waals surface area contributed by atoms with E-state index in [1.54, 1.807) is 36.4 Å². The average Bonchev–Trinajstić information content (AvgIpc) is 3.10. The monoisotopic (exact) mass is 342 g/mol. The quantitative estimate of drug-likeness (QED) is 0.624.